The summed E-state index contributed by atoms with van der Waals surface area (Å²) in [6.45, 7) is 1.79. The highest BCUT2D eigenvalue weighted by atomic mass is 16.3. The average molecular weight is 357 g/mol. The van der Waals surface area contributed by atoms with E-state index in [0.29, 0.717) is 11.3 Å². The quantitative estimate of drug-likeness (QED) is 0.542. The SMILES string of the molecule is Cc1ccc(C(=O)NC(c2ccccc2)c2c(O)ccc3ccccc23)o1. The number of hydrogen-bond donors (Lipinski definition) is 2. The van der Waals surface area contributed by atoms with Crippen molar-refractivity contribution >= 4 is 16.7 Å². The smallest absolute Gasteiger partial charge is 0.287 e. The molecular formula is C23H19NO3. The predicted molar refractivity (Wildman–Crippen MR) is 105 cm³/mol. The van der Waals surface area contributed by atoms with E-state index in [0.717, 1.165) is 16.3 Å². The zero-order valence-electron chi connectivity index (χ0n) is 14.8. The van der Waals surface area contributed by atoms with Crippen molar-refractivity contribution in [2.45, 2.75) is 13.0 Å². The van der Waals surface area contributed by atoms with Crippen molar-refractivity contribution in [1.29, 1.82) is 0 Å². The molecule has 0 saturated heterocycles. The lowest BCUT2D eigenvalue weighted by atomic mass is 9.92. The molecule has 0 aliphatic carbocycles. The van der Waals surface area contributed by atoms with E-state index in [4.69, 9.17) is 4.42 Å². The Bertz CT molecular complexity index is 1100. The van der Waals surface area contributed by atoms with Gasteiger partial charge in [-0.2, -0.15) is 0 Å². The molecule has 0 bridgehead atoms. The van der Waals surface area contributed by atoms with E-state index in [1.807, 2.05) is 60.7 Å². The van der Waals surface area contributed by atoms with E-state index < -0.39 is 6.04 Å². The zero-order chi connectivity index (χ0) is 18.8. The lowest BCUT2D eigenvalue weighted by Gasteiger charge is -2.22. The van der Waals surface area contributed by atoms with Gasteiger partial charge in [-0.25, -0.2) is 0 Å². The summed E-state index contributed by atoms with van der Waals surface area (Å²) in [5, 5.41) is 15.6. The summed E-state index contributed by atoms with van der Waals surface area (Å²) in [5.41, 5.74) is 1.54. The van der Waals surface area contributed by atoms with Crippen molar-refractivity contribution in [3.63, 3.8) is 0 Å². The van der Waals surface area contributed by atoms with Crippen LogP contribution in [0.1, 0.15) is 33.5 Å². The summed E-state index contributed by atoms with van der Waals surface area (Å²) >= 11 is 0. The van der Waals surface area contributed by atoms with Crippen LogP contribution in [-0.2, 0) is 0 Å². The second kappa shape index (κ2) is 7.00. The van der Waals surface area contributed by atoms with Gasteiger partial charge in [-0.15, -0.1) is 0 Å². The fourth-order valence-electron chi connectivity index (χ4n) is 3.31. The average Bonchev–Trinajstić information content (AvgIpc) is 3.14. The molecular weight excluding hydrogens is 338 g/mol. The highest BCUT2D eigenvalue weighted by Crippen LogP contribution is 2.36. The molecule has 1 amide bonds. The van der Waals surface area contributed by atoms with Gasteiger partial charge < -0.3 is 14.8 Å². The molecule has 4 nitrogen and oxygen atoms in total. The molecule has 0 saturated carbocycles. The Morgan fingerprint density at radius 2 is 1.67 bits per heavy atom. The molecule has 0 fully saturated rings. The van der Waals surface area contributed by atoms with Crippen LogP contribution in [0.15, 0.2) is 83.3 Å². The number of aromatic hydroxyl groups is 1. The Balaban J connectivity index is 1.85. The van der Waals surface area contributed by atoms with Gasteiger partial charge in [-0.05, 0) is 41.5 Å². The fourth-order valence-corrected chi connectivity index (χ4v) is 3.31. The summed E-state index contributed by atoms with van der Waals surface area (Å²) in [5.74, 6) is 0.723. The third-order valence-electron chi connectivity index (χ3n) is 4.61. The summed E-state index contributed by atoms with van der Waals surface area (Å²) in [6.07, 6.45) is 0. The van der Waals surface area contributed by atoms with Crippen LogP contribution >= 0.6 is 0 Å². The van der Waals surface area contributed by atoms with Crippen LogP contribution in [0.25, 0.3) is 10.8 Å². The number of furan rings is 1. The first-order chi connectivity index (χ1) is 13.1. The Morgan fingerprint density at radius 1 is 0.926 bits per heavy atom. The number of amides is 1. The molecule has 1 aromatic heterocycles. The zero-order valence-corrected chi connectivity index (χ0v) is 14.8. The van der Waals surface area contributed by atoms with Gasteiger partial charge in [-0.1, -0.05) is 60.7 Å². The van der Waals surface area contributed by atoms with Gasteiger partial charge in [0.15, 0.2) is 5.76 Å². The first-order valence-electron chi connectivity index (χ1n) is 8.76. The predicted octanol–water partition coefficient (Wildman–Crippen LogP) is 4.97. The largest absolute Gasteiger partial charge is 0.508 e. The van der Waals surface area contributed by atoms with Crippen molar-refractivity contribution < 1.29 is 14.3 Å². The monoisotopic (exact) mass is 357 g/mol. The molecule has 3 aromatic carbocycles. The number of benzene rings is 3. The van der Waals surface area contributed by atoms with Gasteiger partial charge in [-0.3, -0.25) is 4.79 Å². The van der Waals surface area contributed by atoms with E-state index in [-0.39, 0.29) is 17.4 Å². The molecule has 27 heavy (non-hydrogen) atoms. The van der Waals surface area contributed by atoms with E-state index in [1.165, 1.54) is 0 Å². The Kier molecular flexibility index (Phi) is 4.38. The Labute approximate surface area is 157 Å². The van der Waals surface area contributed by atoms with Crippen molar-refractivity contribution in [2.24, 2.45) is 0 Å². The second-order valence-corrected chi connectivity index (χ2v) is 6.45. The van der Waals surface area contributed by atoms with Gasteiger partial charge in [0.05, 0.1) is 6.04 Å². The van der Waals surface area contributed by atoms with Crippen LogP contribution in [0.5, 0.6) is 5.75 Å². The van der Waals surface area contributed by atoms with E-state index in [1.54, 1.807) is 25.1 Å². The molecule has 4 rings (SSSR count). The number of fused-ring (bicyclic) bond motifs is 1. The maximum atomic E-state index is 12.8. The minimum atomic E-state index is -0.518. The van der Waals surface area contributed by atoms with Crippen LogP contribution in [0.2, 0.25) is 0 Å². The van der Waals surface area contributed by atoms with E-state index >= 15 is 0 Å². The molecule has 1 unspecified atom stereocenters. The Hall–Kier alpha value is -3.53. The summed E-state index contributed by atoms with van der Waals surface area (Å²) < 4.78 is 5.46. The minimum absolute atomic E-state index is 0.137. The van der Waals surface area contributed by atoms with Crippen LogP contribution < -0.4 is 5.32 Å². The van der Waals surface area contributed by atoms with Crippen molar-refractivity contribution in [3.8, 4) is 5.75 Å². The third-order valence-corrected chi connectivity index (χ3v) is 4.61. The van der Waals surface area contributed by atoms with Crippen LogP contribution in [0, 0.1) is 6.92 Å². The van der Waals surface area contributed by atoms with Crippen molar-refractivity contribution in [1.82, 2.24) is 5.32 Å². The number of phenols is 1. The van der Waals surface area contributed by atoms with Gasteiger partial charge in [0, 0.05) is 5.56 Å². The lowest BCUT2D eigenvalue weighted by molar-refractivity contribution is 0.0913. The van der Waals surface area contributed by atoms with Crippen LogP contribution in [0.4, 0.5) is 0 Å². The highest BCUT2D eigenvalue weighted by molar-refractivity contribution is 5.94. The molecule has 4 heteroatoms. The van der Waals surface area contributed by atoms with E-state index in [9.17, 15) is 9.90 Å². The maximum Gasteiger partial charge on any atom is 0.287 e. The second-order valence-electron chi connectivity index (χ2n) is 6.45. The molecule has 134 valence electrons. The number of phenolic OH excluding ortho intramolecular Hbond substituents is 1. The molecule has 1 atom stereocenters. The van der Waals surface area contributed by atoms with Gasteiger partial charge >= 0.3 is 0 Å². The van der Waals surface area contributed by atoms with Gasteiger partial charge in [0.2, 0.25) is 0 Å². The van der Waals surface area contributed by atoms with Gasteiger partial charge in [0.25, 0.3) is 5.91 Å². The third kappa shape index (κ3) is 3.29. The summed E-state index contributed by atoms with van der Waals surface area (Å²) in [6, 6.07) is 23.8. The summed E-state index contributed by atoms with van der Waals surface area (Å²) in [4.78, 5) is 12.8. The highest BCUT2D eigenvalue weighted by Gasteiger charge is 2.24. The molecule has 1 heterocycles. The number of carbonyl (C=O) groups excluding carboxylic acids is 1. The number of nitrogens with one attached hydrogen (secondary N) is 1. The normalized spacial score (nSPS) is 12.0. The lowest BCUT2D eigenvalue weighted by Crippen LogP contribution is -2.29. The van der Waals surface area contributed by atoms with E-state index in [2.05, 4.69) is 5.32 Å². The molecule has 2 N–H and O–H groups in total. The summed E-state index contributed by atoms with van der Waals surface area (Å²) in [7, 11) is 0. The minimum Gasteiger partial charge on any atom is -0.508 e. The van der Waals surface area contributed by atoms with Gasteiger partial charge in [0.1, 0.15) is 11.5 Å². The van der Waals surface area contributed by atoms with Crippen LogP contribution in [0.3, 0.4) is 0 Å². The number of aryl methyl sites for hydroxylation is 1. The Morgan fingerprint density at radius 3 is 2.41 bits per heavy atom. The number of rotatable bonds is 4. The fraction of sp³-hybridized carbons (Fsp3) is 0.0870. The van der Waals surface area contributed by atoms with Crippen LogP contribution in [-0.4, -0.2) is 11.0 Å². The topological polar surface area (TPSA) is 62.5 Å². The molecule has 0 aliphatic rings. The maximum absolute atomic E-state index is 12.8. The molecule has 0 radical (unpaired) electrons. The first kappa shape index (κ1) is 16.9. The van der Waals surface area contributed by atoms with Crippen molar-refractivity contribution in [3.05, 3.63) is 102 Å². The molecule has 0 aliphatic heterocycles. The van der Waals surface area contributed by atoms with Crippen molar-refractivity contribution in [2.75, 3.05) is 0 Å². The molecule has 0 spiro atoms. The number of carbonyl (C=O) groups is 1. The number of hydrogen-bond acceptors (Lipinski definition) is 3. The molecule has 4 aromatic rings. The first-order valence-corrected chi connectivity index (χ1v) is 8.76. The standard InChI is InChI=1S/C23H19NO3/c1-15-11-14-20(27-15)23(26)24-22(17-8-3-2-4-9-17)21-18-10-6-5-7-16(18)12-13-19(21)25/h2-14,22,25H,1H3,(H,24,26).